The van der Waals surface area contributed by atoms with Gasteiger partial charge < -0.3 is 9.52 Å². The standard InChI is InChI=1S/C21H22ClNO4S.ClH/c1-21(2,24)13-23-9-8-19-17(12-23)16-10-15(11-18(22)20(16)27-19)28(25,26)14-6-4-3-5-7-14;/h3-7,10-11,24H,8-9,12-13H2,1-2H3;1H. The van der Waals surface area contributed by atoms with Crippen molar-refractivity contribution in [3.8, 4) is 0 Å². The quantitative estimate of drug-likeness (QED) is 0.628. The van der Waals surface area contributed by atoms with E-state index in [0.29, 0.717) is 25.1 Å². The van der Waals surface area contributed by atoms with Gasteiger partial charge in [0.15, 0.2) is 5.58 Å². The van der Waals surface area contributed by atoms with E-state index in [1.54, 1.807) is 50.2 Å². The molecule has 29 heavy (non-hydrogen) atoms. The van der Waals surface area contributed by atoms with Gasteiger partial charge in [0.1, 0.15) is 5.76 Å². The Bertz CT molecular complexity index is 1130. The maximum Gasteiger partial charge on any atom is 0.206 e. The summed E-state index contributed by atoms with van der Waals surface area (Å²) in [6.45, 7) is 5.42. The molecular formula is C21H23Cl2NO4S. The lowest BCUT2D eigenvalue weighted by atomic mass is 10.0. The Morgan fingerprint density at radius 2 is 1.86 bits per heavy atom. The fraction of sp³-hybridized carbons (Fsp3) is 0.333. The zero-order valence-electron chi connectivity index (χ0n) is 16.2. The number of sulfone groups is 1. The van der Waals surface area contributed by atoms with E-state index in [0.717, 1.165) is 23.3 Å². The van der Waals surface area contributed by atoms with E-state index < -0.39 is 15.4 Å². The summed E-state index contributed by atoms with van der Waals surface area (Å²) in [4.78, 5) is 2.52. The minimum atomic E-state index is -3.68. The molecular weight excluding hydrogens is 433 g/mol. The van der Waals surface area contributed by atoms with Gasteiger partial charge in [-0.25, -0.2) is 8.42 Å². The largest absolute Gasteiger partial charge is 0.459 e. The number of hydrogen-bond acceptors (Lipinski definition) is 5. The summed E-state index contributed by atoms with van der Waals surface area (Å²) in [5, 5.41) is 11.1. The highest BCUT2D eigenvalue weighted by atomic mass is 35.5. The maximum atomic E-state index is 13.0. The topological polar surface area (TPSA) is 70.8 Å². The van der Waals surface area contributed by atoms with Crippen molar-refractivity contribution in [3.63, 3.8) is 0 Å². The number of hydrogen-bond donors (Lipinski definition) is 1. The van der Waals surface area contributed by atoms with Crippen LogP contribution in [-0.2, 0) is 22.8 Å². The number of aliphatic hydroxyl groups is 1. The highest BCUT2D eigenvalue weighted by Gasteiger charge is 2.28. The van der Waals surface area contributed by atoms with Gasteiger partial charge in [0, 0.05) is 37.0 Å². The van der Waals surface area contributed by atoms with Gasteiger partial charge in [-0.3, -0.25) is 4.90 Å². The van der Waals surface area contributed by atoms with Crippen LogP contribution in [0.1, 0.15) is 25.2 Å². The van der Waals surface area contributed by atoms with Gasteiger partial charge in [-0.2, -0.15) is 0 Å². The van der Waals surface area contributed by atoms with Gasteiger partial charge in [0.05, 0.1) is 20.4 Å². The van der Waals surface area contributed by atoms with Crippen LogP contribution in [0.25, 0.3) is 11.0 Å². The molecule has 0 saturated heterocycles. The fourth-order valence-electron chi connectivity index (χ4n) is 3.74. The number of nitrogens with zero attached hydrogens (tertiary/aromatic N) is 1. The average molecular weight is 456 g/mol. The number of rotatable bonds is 4. The third-order valence-corrected chi connectivity index (χ3v) is 6.95. The second-order valence-corrected chi connectivity index (χ2v) is 10.2. The lowest BCUT2D eigenvalue weighted by Crippen LogP contribution is -2.41. The second-order valence-electron chi connectivity index (χ2n) is 7.88. The molecule has 8 heteroatoms. The minimum absolute atomic E-state index is 0. The van der Waals surface area contributed by atoms with E-state index in [1.807, 2.05) is 0 Å². The Balaban J connectivity index is 0.00000240. The molecule has 3 aromatic rings. The van der Waals surface area contributed by atoms with Gasteiger partial charge in [-0.1, -0.05) is 29.8 Å². The van der Waals surface area contributed by atoms with Gasteiger partial charge in [0.25, 0.3) is 0 Å². The molecule has 5 nitrogen and oxygen atoms in total. The molecule has 0 saturated carbocycles. The van der Waals surface area contributed by atoms with Crippen molar-refractivity contribution < 1.29 is 17.9 Å². The Morgan fingerprint density at radius 3 is 2.52 bits per heavy atom. The maximum absolute atomic E-state index is 13.0. The highest BCUT2D eigenvalue weighted by Crippen LogP contribution is 2.37. The molecule has 4 rings (SSSR count). The molecule has 1 N–H and O–H groups in total. The normalized spacial score (nSPS) is 15.2. The number of fused-ring (bicyclic) bond motifs is 3. The summed E-state index contributed by atoms with van der Waals surface area (Å²) in [6.07, 6.45) is 0.692. The first kappa shape index (κ1) is 22.1. The van der Waals surface area contributed by atoms with Crippen molar-refractivity contribution >= 4 is 44.8 Å². The molecule has 1 aliphatic heterocycles. The molecule has 0 unspecified atom stereocenters. The van der Waals surface area contributed by atoms with E-state index >= 15 is 0 Å². The summed E-state index contributed by atoms with van der Waals surface area (Å²) in [6, 6.07) is 11.4. The van der Waals surface area contributed by atoms with Crippen LogP contribution in [0.4, 0.5) is 0 Å². The minimum Gasteiger partial charge on any atom is -0.459 e. The summed E-state index contributed by atoms with van der Waals surface area (Å²) in [5.41, 5.74) is 0.651. The predicted octanol–water partition coefficient (Wildman–Crippen LogP) is 4.47. The number of benzene rings is 2. The summed E-state index contributed by atoms with van der Waals surface area (Å²) in [5.74, 6) is 0.832. The Kier molecular flexibility index (Phi) is 6.05. The Hall–Kier alpha value is -1.57. The molecule has 156 valence electrons. The average Bonchev–Trinajstić information content (AvgIpc) is 3.00. The van der Waals surface area contributed by atoms with Crippen molar-refractivity contribution in [2.75, 3.05) is 13.1 Å². The van der Waals surface area contributed by atoms with E-state index in [2.05, 4.69) is 4.90 Å². The van der Waals surface area contributed by atoms with Crippen LogP contribution in [0.15, 0.2) is 56.7 Å². The van der Waals surface area contributed by atoms with Crippen LogP contribution in [0.5, 0.6) is 0 Å². The van der Waals surface area contributed by atoms with Crippen molar-refractivity contribution in [1.82, 2.24) is 4.90 Å². The molecule has 2 heterocycles. The summed E-state index contributed by atoms with van der Waals surface area (Å²) >= 11 is 6.41. The molecule has 2 aromatic carbocycles. The van der Waals surface area contributed by atoms with E-state index in [-0.39, 0.29) is 27.2 Å². The van der Waals surface area contributed by atoms with Crippen LogP contribution < -0.4 is 0 Å². The van der Waals surface area contributed by atoms with Crippen LogP contribution in [0, 0.1) is 0 Å². The van der Waals surface area contributed by atoms with Crippen molar-refractivity contribution in [2.24, 2.45) is 0 Å². The summed E-state index contributed by atoms with van der Waals surface area (Å²) in [7, 11) is -3.68. The first-order valence-electron chi connectivity index (χ1n) is 9.14. The van der Waals surface area contributed by atoms with Crippen molar-refractivity contribution in [1.29, 1.82) is 0 Å². The zero-order chi connectivity index (χ0) is 20.1. The van der Waals surface area contributed by atoms with E-state index in [1.165, 1.54) is 6.07 Å². The monoisotopic (exact) mass is 455 g/mol. The SMILES string of the molecule is CC(C)(O)CN1CCc2oc3c(Cl)cc(S(=O)(=O)c4ccccc4)cc3c2C1.Cl. The third kappa shape index (κ3) is 4.32. The molecule has 0 spiro atoms. The fourth-order valence-corrected chi connectivity index (χ4v) is 5.40. The van der Waals surface area contributed by atoms with Crippen molar-refractivity contribution in [2.45, 2.75) is 42.2 Å². The van der Waals surface area contributed by atoms with Gasteiger partial charge in [-0.05, 0) is 38.1 Å². The summed E-state index contributed by atoms with van der Waals surface area (Å²) < 4.78 is 32.0. The van der Waals surface area contributed by atoms with Crippen LogP contribution >= 0.6 is 24.0 Å². The molecule has 1 aliphatic rings. The predicted molar refractivity (Wildman–Crippen MR) is 116 cm³/mol. The van der Waals surface area contributed by atoms with Gasteiger partial charge in [-0.15, -0.1) is 12.4 Å². The molecule has 1 aromatic heterocycles. The van der Waals surface area contributed by atoms with E-state index in [4.69, 9.17) is 16.0 Å². The molecule has 0 amide bonds. The number of furan rings is 1. The Labute approximate surface area is 181 Å². The molecule has 0 aliphatic carbocycles. The molecule has 0 fully saturated rings. The lowest BCUT2D eigenvalue weighted by Gasteiger charge is -2.31. The van der Waals surface area contributed by atoms with Crippen LogP contribution in [-0.4, -0.2) is 37.1 Å². The van der Waals surface area contributed by atoms with Crippen LogP contribution in [0.3, 0.4) is 0 Å². The first-order valence-corrected chi connectivity index (χ1v) is 11.0. The van der Waals surface area contributed by atoms with Gasteiger partial charge >= 0.3 is 0 Å². The van der Waals surface area contributed by atoms with E-state index in [9.17, 15) is 13.5 Å². The van der Waals surface area contributed by atoms with Crippen LogP contribution in [0.2, 0.25) is 5.02 Å². The third-order valence-electron chi connectivity index (χ3n) is 4.92. The molecule has 0 radical (unpaired) electrons. The Morgan fingerprint density at radius 1 is 1.17 bits per heavy atom. The molecule has 0 atom stereocenters. The lowest BCUT2D eigenvalue weighted by molar-refractivity contribution is 0.0310. The second kappa shape index (κ2) is 7.93. The van der Waals surface area contributed by atoms with Crippen molar-refractivity contribution in [3.05, 3.63) is 58.8 Å². The van der Waals surface area contributed by atoms with Gasteiger partial charge in [0.2, 0.25) is 9.84 Å². The molecule has 0 bridgehead atoms. The highest BCUT2D eigenvalue weighted by molar-refractivity contribution is 7.91. The smallest absolute Gasteiger partial charge is 0.206 e. The number of halogens is 2. The number of β-amino-alcohol motifs (C(OH)–C–C–N with tert-alkyl or cyclic N) is 1. The first-order chi connectivity index (χ1) is 13.1. The zero-order valence-corrected chi connectivity index (χ0v) is 18.6.